The van der Waals surface area contributed by atoms with Crippen molar-refractivity contribution < 1.29 is 4.42 Å². The van der Waals surface area contributed by atoms with Crippen LogP contribution in [0.4, 0.5) is 17.7 Å². The van der Waals surface area contributed by atoms with Gasteiger partial charge < -0.3 is 21.2 Å². The molecule has 0 saturated carbocycles. The lowest BCUT2D eigenvalue weighted by Gasteiger charge is -2.28. The van der Waals surface area contributed by atoms with Gasteiger partial charge in [-0.25, -0.2) is 15.2 Å². The Bertz CT molecular complexity index is 1070. The molecule has 10 heteroatoms. The summed E-state index contributed by atoms with van der Waals surface area (Å²) in [5.41, 5.74) is 14.0. The van der Waals surface area contributed by atoms with Crippen molar-refractivity contribution in [2.24, 2.45) is 5.92 Å². The number of anilines is 3. The SMILES string of the molecule is N#CB1CC(CNc2ncnc(N)c2C(=N)c2ccc3oc(N)nc3c2)C1. The zero-order valence-electron chi connectivity index (χ0n) is 14.4. The number of nitrogens with two attached hydrogens (primary N) is 2. The van der Waals surface area contributed by atoms with E-state index in [1.165, 1.54) is 6.33 Å². The molecule has 0 atom stereocenters. The second kappa shape index (κ2) is 6.61. The fraction of sp³-hybridized carbons (Fsp3) is 0.235. The summed E-state index contributed by atoms with van der Waals surface area (Å²) in [5, 5.41) is 20.8. The van der Waals surface area contributed by atoms with Crippen molar-refractivity contribution >= 4 is 41.2 Å². The van der Waals surface area contributed by atoms with E-state index >= 15 is 0 Å². The van der Waals surface area contributed by atoms with Gasteiger partial charge in [-0.1, -0.05) is 12.6 Å². The van der Waals surface area contributed by atoms with Gasteiger partial charge in [-0.05, 0) is 24.1 Å². The summed E-state index contributed by atoms with van der Waals surface area (Å²) in [4.78, 5) is 12.4. The predicted molar refractivity (Wildman–Crippen MR) is 104 cm³/mol. The molecule has 1 aromatic carbocycles. The number of oxazole rings is 1. The molecule has 0 bridgehead atoms. The average Bonchev–Trinajstić information content (AvgIpc) is 2.99. The molecule has 2 aromatic heterocycles. The van der Waals surface area contributed by atoms with Gasteiger partial charge in [0.2, 0.25) is 0 Å². The Morgan fingerprint density at radius 1 is 1.37 bits per heavy atom. The van der Waals surface area contributed by atoms with Crippen LogP contribution in [0.5, 0.6) is 0 Å². The van der Waals surface area contributed by atoms with Crippen molar-refractivity contribution in [1.82, 2.24) is 15.0 Å². The van der Waals surface area contributed by atoms with Gasteiger partial charge >= 0.3 is 0 Å². The normalized spacial score (nSPS) is 14.0. The Morgan fingerprint density at radius 3 is 2.96 bits per heavy atom. The summed E-state index contributed by atoms with van der Waals surface area (Å²) in [6.45, 7) is 0.819. The fourth-order valence-electron chi connectivity index (χ4n) is 3.27. The molecular formula is C17H17BN8O. The van der Waals surface area contributed by atoms with E-state index in [1.54, 1.807) is 18.2 Å². The number of nitrogens with one attached hydrogen (secondary N) is 2. The van der Waals surface area contributed by atoms with Crippen molar-refractivity contribution in [2.45, 2.75) is 12.6 Å². The first-order valence-electron chi connectivity index (χ1n) is 8.54. The van der Waals surface area contributed by atoms with Crippen LogP contribution in [-0.4, -0.2) is 33.9 Å². The van der Waals surface area contributed by atoms with Crippen molar-refractivity contribution in [2.75, 3.05) is 23.3 Å². The smallest absolute Gasteiger partial charge is 0.292 e. The first kappa shape index (κ1) is 16.8. The van der Waals surface area contributed by atoms with Crippen molar-refractivity contribution in [3.8, 4) is 5.97 Å². The van der Waals surface area contributed by atoms with Crippen LogP contribution >= 0.6 is 0 Å². The van der Waals surface area contributed by atoms with Crippen LogP contribution in [0.15, 0.2) is 28.9 Å². The molecule has 1 fully saturated rings. The lowest BCUT2D eigenvalue weighted by molar-refractivity contribution is 0.618. The largest absolute Gasteiger partial charge is 0.424 e. The molecule has 0 amide bonds. The molecule has 3 aromatic rings. The summed E-state index contributed by atoms with van der Waals surface area (Å²) >= 11 is 0. The number of rotatable bonds is 5. The zero-order valence-corrected chi connectivity index (χ0v) is 14.4. The lowest BCUT2D eigenvalue weighted by Crippen LogP contribution is -2.34. The molecule has 4 rings (SSSR count). The van der Waals surface area contributed by atoms with Crippen LogP contribution in [0.2, 0.25) is 12.6 Å². The maximum absolute atomic E-state index is 8.89. The number of benzene rings is 1. The molecule has 134 valence electrons. The monoisotopic (exact) mass is 360 g/mol. The van der Waals surface area contributed by atoms with Gasteiger partial charge in [0.1, 0.15) is 23.5 Å². The summed E-state index contributed by atoms with van der Waals surface area (Å²) in [7, 11) is 0. The summed E-state index contributed by atoms with van der Waals surface area (Å²) < 4.78 is 5.27. The molecule has 1 saturated heterocycles. The van der Waals surface area contributed by atoms with E-state index in [9.17, 15) is 0 Å². The van der Waals surface area contributed by atoms with E-state index in [0.717, 1.165) is 12.6 Å². The molecule has 1 aliphatic heterocycles. The highest BCUT2D eigenvalue weighted by atomic mass is 16.4. The van der Waals surface area contributed by atoms with E-state index in [2.05, 4.69) is 26.2 Å². The molecule has 0 unspecified atom stereocenters. The first-order chi connectivity index (χ1) is 13.0. The van der Waals surface area contributed by atoms with Gasteiger partial charge in [0, 0.05) is 18.1 Å². The minimum absolute atomic E-state index is 0.0785. The Balaban J connectivity index is 1.59. The number of nitrogen functional groups attached to an aromatic ring is 2. The maximum Gasteiger partial charge on any atom is 0.292 e. The average molecular weight is 360 g/mol. The van der Waals surface area contributed by atoms with Gasteiger partial charge in [0.15, 0.2) is 5.58 Å². The van der Waals surface area contributed by atoms with E-state index < -0.39 is 0 Å². The zero-order chi connectivity index (χ0) is 19.0. The molecule has 1 aliphatic rings. The Hall–Kier alpha value is -3.61. The highest BCUT2D eigenvalue weighted by Gasteiger charge is 2.33. The predicted octanol–water partition coefficient (Wildman–Crippen LogP) is 1.80. The number of fused-ring (bicyclic) bond motifs is 1. The van der Waals surface area contributed by atoms with Crippen LogP contribution in [0.25, 0.3) is 11.1 Å². The summed E-state index contributed by atoms with van der Waals surface area (Å²) in [6.07, 6.45) is 3.12. The van der Waals surface area contributed by atoms with Crippen LogP contribution < -0.4 is 16.8 Å². The molecule has 0 aliphatic carbocycles. The highest BCUT2D eigenvalue weighted by Crippen LogP contribution is 2.30. The molecule has 9 nitrogen and oxygen atoms in total. The number of aromatic nitrogens is 3. The van der Waals surface area contributed by atoms with E-state index in [1.807, 2.05) is 0 Å². The van der Waals surface area contributed by atoms with Crippen LogP contribution in [0.1, 0.15) is 11.1 Å². The molecular weight excluding hydrogens is 343 g/mol. The first-order valence-corrected chi connectivity index (χ1v) is 8.54. The Kier molecular flexibility index (Phi) is 4.12. The topological polar surface area (TPSA) is 164 Å². The van der Waals surface area contributed by atoms with Crippen LogP contribution in [0.3, 0.4) is 0 Å². The highest BCUT2D eigenvalue weighted by molar-refractivity contribution is 6.69. The molecule has 27 heavy (non-hydrogen) atoms. The number of hydrogen-bond acceptors (Lipinski definition) is 9. The maximum atomic E-state index is 8.89. The van der Waals surface area contributed by atoms with Crippen molar-refractivity contribution in [3.05, 3.63) is 35.7 Å². The molecule has 0 radical (unpaired) electrons. The fourth-order valence-corrected chi connectivity index (χ4v) is 3.27. The van der Waals surface area contributed by atoms with E-state index in [-0.39, 0.29) is 24.3 Å². The third-order valence-corrected chi connectivity index (χ3v) is 4.80. The second-order valence-corrected chi connectivity index (χ2v) is 6.64. The minimum atomic E-state index is 0.0785. The van der Waals surface area contributed by atoms with Crippen LogP contribution in [0, 0.1) is 22.6 Å². The van der Waals surface area contributed by atoms with Gasteiger partial charge in [-0.15, -0.1) is 0 Å². The third-order valence-electron chi connectivity index (χ3n) is 4.80. The summed E-state index contributed by atoms with van der Waals surface area (Å²) in [6, 6.07) is 5.26. The van der Waals surface area contributed by atoms with E-state index in [4.69, 9.17) is 26.6 Å². The quantitative estimate of drug-likeness (QED) is 0.395. The standard InChI is InChI=1S/C17H17BN8O/c19-7-18-4-9(5-18)6-23-16-13(15(21)24-8-25-16)14(20)10-1-2-12-11(3-10)26-17(22)27-12/h1-3,8-9,20H,4-6H2,(H2,22,26)(H3,21,23,24,25). The molecule has 0 spiro atoms. The minimum Gasteiger partial charge on any atom is -0.424 e. The van der Waals surface area contributed by atoms with Crippen molar-refractivity contribution in [1.29, 1.82) is 10.7 Å². The number of nitriles is 1. The Labute approximate surface area is 155 Å². The number of hydrogen-bond donors (Lipinski definition) is 4. The van der Waals surface area contributed by atoms with Gasteiger partial charge in [-0.3, -0.25) is 5.41 Å². The third kappa shape index (κ3) is 3.15. The summed E-state index contributed by atoms with van der Waals surface area (Å²) in [5.74, 6) is 3.42. The lowest BCUT2D eigenvalue weighted by atomic mass is 9.33. The Morgan fingerprint density at radius 2 is 2.19 bits per heavy atom. The van der Waals surface area contributed by atoms with Gasteiger partial charge in [0.25, 0.3) is 12.7 Å². The van der Waals surface area contributed by atoms with Gasteiger partial charge in [0.05, 0.1) is 11.3 Å². The van der Waals surface area contributed by atoms with Crippen LogP contribution in [-0.2, 0) is 0 Å². The van der Waals surface area contributed by atoms with Crippen molar-refractivity contribution in [3.63, 3.8) is 0 Å². The molecule has 3 heterocycles. The van der Waals surface area contributed by atoms with Gasteiger partial charge in [-0.2, -0.15) is 4.98 Å². The van der Waals surface area contributed by atoms with E-state index in [0.29, 0.717) is 40.5 Å². The number of nitrogens with zero attached hydrogens (tertiary/aromatic N) is 4. The second-order valence-electron chi connectivity index (χ2n) is 6.64. The molecule has 6 N–H and O–H groups in total.